The molecule has 12 heteroatoms. The third-order valence-electron chi connectivity index (χ3n) is 7.81. The van der Waals surface area contributed by atoms with Gasteiger partial charge in [-0.2, -0.15) is 4.98 Å². The number of nitrogens with zero attached hydrogens (tertiary/aromatic N) is 8. The van der Waals surface area contributed by atoms with Gasteiger partial charge in [-0.15, -0.1) is 0 Å². The Morgan fingerprint density at radius 3 is 2.55 bits per heavy atom. The normalized spacial score (nSPS) is 17.1. The summed E-state index contributed by atoms with van der Waals surface area (Å²) in [5, 5.41) is 0.713. The van der Waals surface area contributed by atoms with E-state index in [4.69, 9.17) is 16.6 Å². The molecule has 230 valence electrons. The number of benzene rings is 1. The van der Waals surface area contributed by atoms with Gasteiger partial charge < -0.3 is 14.7 Å². The third kappa shape index (κ3) is 5.69. The molecule has 3 aromatic heterocycles. The van der Waals surface area contributed by atoms with Gasteiger partial charge in [-0.1, -0.05) is 44.2 Å². The van der Waals surface area contributed by atoms with E-state index in [1.807, 2.05) is 51.6 Å². The predicted octanol–water partition coefficient (Wildman–Crippen LogP) is 4.83. The van der Waals surface area contributed by atoms with Crippen molar-refractivity contribution in [3.05, 3.63) is 82.0 Å². The molecule has 2 atom stereocenters. The van der Waals surface area contributed by atoms with Crippen LogP contribution in [0.3, 0.4) is 0 Å². The lowest BCUT2D eigenvalue weighted by atomic mass is 10.1. The van der Waals surface area contributed by atoms with Gasteiger partial charge in [0.1, 0.15) is 18.0 Å². The molecule has 5 rings (SSSR count). The Morgan fingerprint density at radius 2 is 1.89 bits per heavy atom. The van der Waals surface area contributed by atoms with E-state index in [2.05, 4.69) is 21.5 Å². The molecule has 1 saturated heterocycles. The van der Waals surface area contributed by atoms with Crippen LogP contribution in [0.2, 0.25) is 5.02 Å². The molecular weight excluding hydrogens is 583 g/mol. The summed E-state index contributed by atoms with van der Waals surface area (Å²) in [5.74, 6) is -0.326. The van der Waals surface area contributed by atoms with Crippen molar-refractivity contribution in [1.29, 1.82) is 0 Å². The lowest BCUT2D eigenvalue weighted by molar-refractivity contribution is -0.128. The highest BCUT2D eigenvalue weighted by atomic mass is 35.5. The number of aromatic nitrogens is 5. The van der Waals surface area contributed by atoms with Gasteiger partial charge in [-0.05, 0) is 58.1 Å². The van der Waals surface area contributed by atoms with Gasteiger partial charge in [0.15, 0.2) is 5.65 Å². The summed E-state index contributed by atoms with van der Waals surface area (Å²) in [6.45, 7) is 12.8. The van der Waals surface area contributed by atoms with Gasteiger partial charge >= 0.3 is 5.69 Å². The van der Waals surface area contributed by atoms with Crippen LogP contribution in [0.15, 0.2) is 54.1 Å². The quantitative estimate of drug-likeness (QED) is 0.272. The molecule has 1 aliphatic rings. The minimum Gasteiger partial charge on any atom is -0.349 e. The maximum Gasteiger partial charge on any atom is 0.355 e. The van der Waals surface area contributed by atoms with Gasteiger partial charge in [0.2, 0.25) is 5.91 Å². The Balaban J connectivity index is 1.85. The van der Waals surface area contributed by atoms with Crippen molar-refractivity contribution in [2.75, 3.05) is 32.1 Å². The Hall–Kier alpha value is -4.22. The summed E-state index contributed by atoms with van der Waals surface area (Å²) in [6, 6.07) is 7.55. The molecule has 44 heavy (non-hydrogen) atoms. The number of halogens is 2. The summed E-state index contributed by atoms with van der Waals surface area (Å²) in [4.78, 5) is 51.1. The van der Waals surface area contributed by atoms with E-state index in [0.717, 1.165) is 0 Å². The smallest absolute Gasteiger partial charge is 0.349 e. The fourth-order valence-electron chi connectivity index (χ4n) is 5.73. The topological polar surface area (TPSA) is 100 Å². The lowest BCUT2D eigenvalue weighted by Gasteiger charge is -2.44. The zero-order valence-electron chi connectivity index (χ0n) is 25.8. The molecule has 0 aliphatic carbocycles. The zero-order chi connectivity index (χ0) is 31.9. The molecule has 0 unspecified atom stereocenters. The van der Waals surface area contributed by atoms with E-state index < -0.39 is 11.5 Å². The number of amides is 1. The standard InChI is InChI=1S/C32H36ClFN8O2/c1-8-26(43)40-14-20(5)41(15-19(40)4)30-22-13-23(33)28(21-11-9-10-12-24(21)34)37-31(22)42(32(44)38-30)29-25(16-39(6)7)35-17-36-27(29)18(2)3/h8-13,17-20H,1,14-16H2,2-7H3/t19-,20+/m1/s1. The molecular formula is C32H36ClFN8O2. The van der Waals surface area contributed by atoms with Gasteiger partial charge in [-0.25, -0.2) is 28.7 Å². The van der Waals surface area contributed by atoms with Crippen molar-refractivity contribution in [2.24, 2.45) is 0 Å². The van der Waals surface area contributed by atoms with Crippen LogP contribution in [0.1, 0.15) is 45.0 Å². The molecule has 10 nitrogen and oxygen atoms in total. The highest BCUT2D eigenvalue weighted by Crippen LogP contribution is 2.36. The Kier molecular flexibility index (Phi) is 8.80. The van der Waals surface area contributed by atoms with Crippen molar-refractivity contribution in [2.45, 2.75) is 52.2 Å². The van der Waals surface area contributed by atoms with Crippen LogP contribution in [0.5, 0.6) is 0 Å². The van der Waals surface area contributed by atoms with Crippen molar-refractivity contribution in [1.82, 2.24) is 34.3 Å². The molecule has 4 aromatic rings. The second-order valence-electron chi connectivity index (χ2n) is 11.7. The van der Waals surface area contributed by atoms with Crippen LogP contribution in [0, 0.1) is 5.82 Å². The molecule has 0 N–H and O–H groups in total. The number of carbonyl (C=O) groups excluding carboxylic acids is 1. The van der Waals surface area contributed by atoms with E-state index in [-0.39, 0.29) is 45.8 Å². The first kappa shape index (κ1) is 31.2. The second kappa shape index (κ2) is 12.4. The van der Waals surface area contributed by atoms with E-state index in [1.165, 1.54) is 23.0 Å². The number of piperazine rings is 1. The first-order valence-corrected chi connectivity index (χ1v) is 14.9. The number of hydrogen-bond donors (Lipinski definition) is 0. The average molecular weight is 619 g/mol. The maximum absolute atomic E-state index is 15.1. The molecule has 1 aromatic carbocycles. The number of carbonyl (C=O) groups is 1. The molecule has 0 saturated carbocycles. The van der Waals surface area contributed by atoms with Gasteiger partial charge in [0, 0.05) is 37.3 Å². The fraction of sp³-hybridized carbons (Fsp3) is 0.375. The molecule has 0 spiro atoms. The van der Waals surface area contributed by atoms with Crippen LogP contribution >= 0.6 is 11.6 Å². The summed E-state index contributed by atoms with van der Waals surface area (Å²) in [6.07, 6.45) is 2.80. The first-order chi connectivity index (χ1) is 20.9. The summed E-state index contributed by atoms with van der Waals surface area (Å²) in [7, 11) is 3.83. The first-order valence-electron chi connectivity index (χ1n) is 14.5. The fourth-order valence-corrected chi connectivity index (χ4v) is 5.98. The molecule has 1 fully saturated rings. The largest absolute Gasteiger partial charge is 0.355 e. The minimum absolute atomic E-state index is 0.0646. The molecule has 1 amide bonds. The lowest BCUT2D eigenvalue weighted by Crippen LogP contribution is -2.58. The third-order valence-corrected chi connectivity index (χ3v) is 8.10. The monoisotopic (exact) mass is 618 g/mol. The van der Waals surface area contributed by atoms with E-state index in [9.17, 15) is 9.59 Å². The van der Waals surface area contributed by atoms with Crippen LogP contribution in [0.4, 0.5) is 10.2 Å². The van der Waals surface area contributed by atoms with Gasteiger partial charge in [-0.3, -0.25) is 4.79 Å². The average Bonchev–Trinajstić information content (AvgIpc) is 2.97. The zero-order valence-corrected chi connectivity index (χ0v) is 26.5. The minimum atomic E-state index is -0.581. The van der Waals surface area contributed by atoms with E-state index >= 15 is 4.39 Å². The van der Waals surface area contributed by atoms with Crippen molar-refractivity contribution < 1.29 is 9.18 Å². The number of fused-ring (bicyclic) bond motifs is 1. The van der Waals surface area contributed by atoms with Crippen molar-refractivity contribution >= 4 is 34.4 Å². The molecule has 0 radical (unpaired) electrons. The number of anilines is 1. The molecule has 4 heterocycles. The van der Waals surface area contributed by atoms with Crippen LogP contribution in [-0.4, -0.2) is 79.5 Å². The number of rotatable bonds is 7. The summed E-state index contributed by atoms with van der Waals surface area (Å²) >= 11 is 6.83. The maximum atomic E-state index is 15.1. The van der Waals surface area contributed by atoms with E-state index in [0.29, 0.717) is 47.9 Å². The molecule has 0 bridgehead atoms. The summed E-state index contributed by atoms with van der Waals surface area (Å²) in [5.41, 5.74) is 1.83. The van der Waals surface area contributed by atoms with Gasteiger partial charge in [0.25, 0.3) is 0 Å². The summed E-state index contributed by atoms with van der Waals surface area (Å²) < 4.78 is 16.5. The number of pyridine rings is 1. The van der Waals surface area contributed by atoms with Crippen LogP contribution in [-0.2, 0) is 11.3 Å². The van der Waals surface area contributed by atoms with Crippen molar-refractivity contribution in [3.63, 3.8) is 0 Å². The molecule has 1 aliphatic heterocycles. The Bertz CT molecular complexity index is 1810. The van der Waals surface area contributed by atoms with E-state index in [1.54, 1.807) is 29.2 Å². The van der Waals surface area contributed by atoms with Gasteiger partial charge in [0.05, 0.1) is 33.2 Å². The highest BCUT2D eigenvalue weighted by Gasteiger charge is 2.34. The Labute approximate surface area is 260 Å². The van der Waals surface area contributed by atoms with Crippen LogP contribution in [0.25, 0.3) is 28.0 Å². The Morgan fingerprint density at radius 1 is 1.16 bits per heavy atom. The highest BCUT2D eigenvalue weighted by molar-refractivity contribution is 6.33. The van der Waals surface area contributed by atoms with Crippen molar-refractivity contribution in [3.8, 4) is 16.9 Å². The SMILES string of the molecule is C=CC(=O)N1C[C@H](C)N(c2nc(=O)n(-c3c(CN(C)C)ncnc3C(C)C)c3nc(-c4ccccc4F)c(Cl)cc23)C[C@H]1C. The van der Waals surface area contributed by atoms with Crippen LogP contribution < -0.4 is 10.6 Å². The number of hydrogen-bond acceptors (Lipinski definition) is 8. The second-order valence-corrected chi connectivity index (χ2v) is 12.1. The predicted molar refractivity (Wildman–Crippen MR) is 171 cm³/mol.